The van der Waals surface area contributed by atoms with Crippen molar-refractivity contribution in [3.05, 3.63) is 34.0 Å². The van der Waals surface area contributed by atoms with E-state index in [9.17, 15) is 0 Å². The van der Waals surface area contributed by atoms with Crippen molar-refractivity contribution in [1.82, 2.24) is 4.98 Å². The molecule has 0 aliphatic rings. The third-order valence-electron chi connectivity index (χ3n) is 2.05. The molecule has 0 aliphatic heterocycles. The second-order valence-electron chi connectivity index (χ2n) is 3.00. The molecule has 15 heavy (non-hydrogen) atoms. The van der Waals surface area contributed by atoms with Crippen LogP contribution in [0, 0.1) is 36.5 Å². The van der Waals surface area contributed by atoms with E-state index in [1.807, 2.05) is 13.0 Å². The second-order valence-corrected chi connectivity index (χ2v) is 3.00. The zero-order valence-corrected chi connectivity index (χ0v) is 8.37. The van der Waals surface area contributed by atoms with Crippen LogP contribution in [0.1, 0.15) is 23.9 Å². The van der Waals surface area contributed by atoms with Gasteiger partial charge in [0.1, 0.15) is 17.8 Å². The normalized spacial score (nSPS) is 8.53. The number of rotatable bonds is 1. The molecule has 4 nitrogen and oxygen atoms in total. The molecule has 0 aliphatic carbocycles. The summed E-state index contributed by atoms with van der Waals surface area (Å²) < 4.78 is 0. The van der Waals surface area contributed by atoms with Crippen molar-refractivity contribution >= 4 is 11.4 Å². The Hall–Kier alpha value is -2.42. The summed E-state index contributed by atoms with van der Waals surface area (Å²) in [6, 6.07) is 5.29. The minimum absolute atomic E-state index is 0. The molecule has 0 unspecified atom stereocenters. The standard InChI is InChI=1S/C11H7N4/c1-7-3-9(4-12)11(15-8(7)2)10(5-13)6-14/h3H,1-2H3/q-1/p+1. The Balaban J connectivity index is 0.00000225. The van der Waals surface area contributed by atoms with E-state index >= 15 is 0 Å². The minimum atomic E-state index is -0.130. The Kier molecular flexibility index (Phi) is 2.98. The lowest BCUT2D eigenvalue weighted by Crippen LogP contribution is -1.98. The van der Waals surface area contributed by atoms with Gasteiger partial charge < -0.3 is 5.41 Å². The first kappa shape index (κ1) is 10.7. The molecular weight excluding hydrogens is 188 g/mol. The van der Waals surface area contributed by atoms with Crippen molar-refractivity contribution in [1.29, 1.82) is 10.5 Å². The summed E-state index contributed by atoms with van der Waals surface area (Å²) in [5, 5.41) is 26.3. The smallest absolute Gasteiger partial charge is 0.762 e. The Morgan fingerprint density at radius 3 is 2.60 bits per heavy atom. The molecule has 0 amide bonds. The number of nitriles is 2. The van der Waals surface area contributed by atoms with Gasteiger partial charge in [-0.3, -0.25) is 4.98 Å². The van der Waals surface area contributed by atoms with E-state index < -0.39 is 0 Å². The zero-order chi connectivity index (χ0) is 11.4. The molecule has 1 heterocycles. The van der Waals surface area contributed by atoms with E-state index in [1.165, 1.54) is 0 Å². The van der Waals surface area contributed by atoms with Gasteiger partial charge in [-0.2, -0.15) is 10.5 Å². The molecule has 1 aromatic rings. The van der Waals surface area contributed by atoms with Crippen LogP contribution in [0.3, 0.4) is 0 Å². The predicted molar refractivity (Wildman–Crippen MR) is 56.9 cm³/mol. The molecule has 0 saturated heterocycles. The molecule has 0 N–H and O–H groups in total. The highest BCUT2D eigenvalue weighted by Gasteiger charge is 2.09. The van der Waals surface area contributed by atoms with Gasteiger partial charge in [0, 0.05) is 5.69 Å². The number of hydrogen-bond donors (Lipinski definition) is 0. The number of aromatic nitrogens is 1. The average Bonchev–Trinajstić information content (AvgIpc) is 2.24. The molecule has 0 radical (unpaired) electrons. The van der Waals surface area contributed by atoms with Crippen LogP contribution in [0.2, 0.25) is 0 Å². The largest absolute Gasteiger partial charge is 1.00 e. The third-order valence-corrected chi connectivity index (χ3v) is 2.05. The molecule has 1 rings (SSSR count). The van der Waals surface area contributed by atoms with Gasteiger partial charge in [0.2, 0.25) is 0 Å². The van der Waals surface area contributed by atoms with Crippen LogP contribution in [0.4, 0.5) is 0 Å². The average molecular weight is 196 g/mol. The van der Waals surface area contributed by atoms with Crippen molar-refractivity contribution in [2.45, 2.75) is 13.8 Å². The van der Waals surface area contributed by atoms with Gasteiger partial charge in [-0.1, -0.05) is 0 Å². The Labute approximate surface area is 89.1 Å². The second kappa shape index (κ2) is 4.19. The lowest BCUT2D eigenvalue weighted by atomic mass is 10.1. The Morgan fingerprint density at radius 1 is 1.47 bits per heavy atom. The highest BCUT2D eigenvalue weighted by Crippen LogP contribution is 2.17. The fraction of sp³-hybridized carbons (Fsp3) is 0.182. The summed E-state index contributed by atoms with van der Waals surface area (Å²) in [4.78, 5) is 4.08. The van der Waals surface area contributed by atoms with Gasteiger partial charge >= 0.3 is 1.43 Å². The Bertz CT molecular complexity index is 542. The highest BCUT2D eigenvalue weighted by molar-refractivity contribution is 5.98. The zero-order valence-electron chi connectivity index (χ0n) is 9.37. The summed E-state index contributed by atoms with van der Waals surface area (Å²) in [5.41, 5.74) is 1.88. The molecule has 0 aromatic carbocycles. The van der Waals surface area contributed by atoms with Crippen molar-refractivity contribution in [3.8, 4) is 12.1 Å². The van der Waals surface area contributed by atoms with Crippen LogP contribution in [0.25, 0.3) is 11.0 Å². The van der Waals surface area contributed by atoms with Gasteiger partial charge in [0.25, 0.3) is 0 Å². The van der Waals surface area contributed by atoms with Gasteiger partial charge in [0.05, 0.1) is 11.1 Å². The highest BCUT2D eigenvalue weighted by atomic mass is 14.7. The van der Waals surface area contributed by atoms with Gasteiger partial charge in [0.15, 0.2) is 0 Å². The summed E-state index contributed by atoms with van der Waals surface area (Å²) in [7, 11) is 0. The van der Waals surface area contributed by atoms with Crippen molar-refractivity contribution in [3.63, 3.8) is 0 Å². The van der Waals surface area contributed by atoms with Crippen molar-refractivity contribution in [2.24, 2.45) is 0 Å². The van der Waals surface area contributed by atoms with E-state index in [0.29, 0.717) is 5.69 Å². The van der Waals surface area contributed by atoms with E-state index in [0.717, 1.165) is 5.56 Å². The van der Waals surface area contributed by atoms with Crippen LogP contribution in [0.15, 0.2) is 6.07 Å². The quantitative estimate of drug-likeness (QED) is 0.507. The number of aryl methyl sites for hydroxylation is 2. The molecule has 0 fully saturated rings. The molecule has 4 heteroatoms. The molecule has 0 atom stereocenters. The van der Waals surface area contributed by atoms with Gasteiger partial charge in [-0.05, 0) is 25.5 Å². The minimum Gasteiger partial charge on any atom is -0.762 e. The molecule has 72 valence electrons. The monoisotopic (exact) mass is 196 g/mol. The van der Waals surface area contributed by atoms with Crippen LogP contribution in [-0.2, 0) is 0 Å². The Morgan fingerprint density at radius 2 is 2.13 bits per heavy atom. The molecular formula is C11H8N4. The van der Waals surface area contributed by atoms with Gasteiger partial charge in [-0.15, -0.1) is 0 Å². The first-order valence-corrected chi connectivity index (χ1v) is 4.20. The lowest BCUT2D eigenvalue weighted by molar-refractivity contribution is 1.12. The summed E-state index contributed by atoms with van der Waals surface area (Å²) >= 11 is 0. The van der Waals surface area contributed by atoms with E-state index in [2.05, 4.69) is 4.98 Å². The maximum Gasteiger partial charge on any atom is 1.00 e. The fourth-order valence-electron chi connectivity index (χ4n) is 1.11. The molecule has 0 bridgehead atoms. The van der Waals surface area contributed by atoms with Crippen molar-refractivity contribution in [2.75, 3.05) is 0 Å². The first-order valence-electron chi connectivity index (χ1n) is 4.20. The van der Waals surface area contributed by atoms with Crippen LogP contribution >= 0.6 is 0 Å². The molecule has 0 spiro atoms. The van der Waals surface area contributed by atoms with E-state index in [-0.39, 0.29) is 18.3 Å². The number of pyridine rings is 1. The van der Waals surface area contributed by atoms with Gasteiger partial charge in [-0.25, -0.2) is 5.87 Å². The number of nitrogens with zero attached hydrogens (tertiary/aromatic N) is 4. The number of hydrogen-bond acceptors (Lipinski definition) is 3. The van der Waals surface area contributed by atoms with E-state index in [1.54, 1.807) is 24.9 Å². The summed E-state index contributed by atoms with van der Waals surface area (Å²) in [6.07, 6.45) is 0. The molecule has 1 aromatic heterocycles. The fourth-order valence-corrected chi connectivity index (χ4v) is 1.11. The van der Waals surface area contributed by atoms with Crippen LogP contribution in [0.5, 0.6) is 0 Å². The SMILES string of the molecule is Cc1cc(C#N)c(C(=C=[N-])C#N)nc1C.[H+]. The number of allylic oxidation sites excluding steroid dienone is 1. The van der Waals surface area contributed by atoms with Crippen molar-refractivity contribution < 1.29 is 1.43 Å². The summed E-state index contributed by atoms with van der Waals surface area (Å²) in [5.74, 6) is 1.73. The summed E-state index contributed by atoms with van der Waals surface area (Å²) in [6.45, 7) is 3.59. The molecule has 0 saturated carbocycles. The maximum absolute atomic E-state index is 8.85. The van der Waals surface area contributed by atoms with E-state index in [4.69, 9.17) is 15.9 Å². The van der Waals surface area contributed by atoms with Crippen LogP contribution in [-0.4, -0.2) is 10.9 Å². The topological polar surface area (TPSA) is 82.8 Å². The maximum atomic E-state index is 8.85. The first-order chi connectivity index (χ1) is 7.13. The predicted octanol–water partition coefficient (Wildman–Crippen LogP) is 1.83. The lowest BCUT2D eigenvalue weighted by Gasteiger charge is -2.05. The van der Waals surface area contributed by atoms with Crippen LogP contribution < -0.4 is 0 Å². The third kappa shape index (κ3) is 1.91.